The molecular weight excluding hydrogens is 210 g/mol. The molecule has 0 aromatic heterocycles. The number of carbonyl (C=O) groups is 1. The lowest BCUT2D eigenvalue weighted by Gasteiger charge is -2.01. The fourth-order valence-electron chi connectivity index (χ4n) is 1.76. The van der Waals surface area contributed by atoms with Crippen molar-refractivity contribution < 1.29 is 4.79 Å². The molecule has 90 valence electrons. The maximum absolute atomic E-state index is 11.8. The van der Waals surface area contributed by atoms with E-state index in [1.807, 2.05) is 6.07 Å². The molecule has 0 N–H and O–H groups in total. The number of hydrogen-bond donors (Lipinski definition) is 0. The minimum Gasteiger partial charge on any atom is -0.294 e. The van der Waals surface area contributed by atoms with Gasteiger partial charge in [0.15, 0.2) is 5.78 Å². The zero-order valence-corrected chi connectivity index (χ0v) is 10.4. The molecular formula is C15H19NO. The van der Waals surface area contributed by atoms with Crippen LogP contribution in [0.3, 0.4) is 0 Å². The first kappa shape index (κ1) is 13.4. The maximum atomic E-state index is 11.8. The van der Waals surface area contributed by atoms with E-state index in [4.69, 9.17) is 5.26 Å². The predicted molar refractivity (Wildman–Crippen MR) is 68.9 cm³/mol. The van der Waals surface area contributed by atoms with E-state index in [-0.39, 0.29) is 5.78 Å². The van der Waals surface area contributed by atoms with Crippen LogP contribution < -0.4 is 0 Å². The van der Waals surface area contributed by atoms with Crippen LogP contribution in [0.4, 0.5) is 0 Å². The minimum absolute atomic E-state index is 0.186. The molecule has 17 heavy (non-hydrogen) atoms. The highest BCUT2D eigenvalue weighted by Crippen LogP contribution is 2.11. The number of unbranched alkanes of at least 4 members (excludes halogenated alkanes) is 4. The first-order valence-corrected chi connectivity index (χ1v) is 6.31. The lowest BCUT2D eigenvalue weighted by molar-refractivity contribution is 0.0979. The smallest absolute Gasteiger partial charge is 0.162 e. The van der Waals surface area contributed by atoms with E-state index in [9.17, 15) is 4.79 Å². The number of Topliss-reactive ketones (excluding diaryl/α,β-unsaturated/α-hetero) is 1. The highest BCUT2D eigenvalue weighted by Gasteiger charge is 2.05. The number of nitriles is 1. The summed E-state index contributed by atoms with van der Waals surface area (Å²) in [6.07, 6.45) is 6.43. The molecule has 2 nitrogen and oxygen atoms in total. The van der Waals surface area contributed by atoms with E-state index in [2.05, 4.69) is 6.92 Å². The maximum Gasteiger partial charge on any atom is 0.162 e. The van der Waals surface area contributed by atoms with E-state index in [0.29, 0.717) is 12.0 Å². The second-order valence-electron chi connectivity index (χ2n) is 4.28. The van der Waals surface area contributed by atoms with E-state index >= 15 is 0 Å². The summed E-state index contributed by atoms with van der Waals surface area (Å²) in [6.45, 7) is 2.18. The summed E-state index contributed by atoms with van der Waals surface area (Å²) in [4.78, 5) is 11.8. The largest absolute Gasteiger partial charge is 0.294 e. The van der Waals surface area contributed by atoms with Gasteiger partial charge < -0.3 is 0 Å². The molecule has 0 radical (unpaired) electrons. The number of nitrogens with zero attached hydrogens (tertiary/aromatic N) is 1. The van der Waals surface area contributed by atoms with Crippen molar-refractivity contribution in [1.82, 2.24) is 0 Å². The van der Waals surface area contributed by atoms with Gasteiger partial charge in [0.2, 0.25) is 0 Å². The molecule has 0 bridgehead atoms. The van der Waals surface area contributed by atoms with E-state index < -0.39 is 0 Å². The molecule has 0 heterocycles. The third-order valence-electron chi connectivity index (χ3n) is 2.84. The van der Waals surface area contributed by atoms with Crippen LogP contribution in [0.2, 0.25) is 0 Å². The molecule has 0 spiro atoms. The first-order chi connectivity index (χ1) is 8.27. The van der Waals surface area contributed by atoms with Crippen LogP contribution in [0.1, 0.15) is 61.4 Å². The molecule has 0 amide bonds. The van der Waals surface area contributed by atoms with Gasteiger partial charge in [-0.3, -0.25) is 4.79 Å². The van der Waals surface area contributed by atoms with Gasteiger partial charge in [-0.15, -0.1) is 0 Å². The Balaban J connectivity index is 2.34. The number of hydrogen-bond acceptors (Lipinski definition) is 2. The summed E-state index contributed by atoms with van der Waals surface area (Å²) in [5, 5.41) is 8.66. The molecule has 0 aliphatic rings. The van der Waals surface area contributed by atoms with Crippen LogP contribution >= 0.6 is 0 Å². The summed E-state index contributed by atoms with van der Waals surface area (Å²) < 4.78 is 0. The molecule has 1 aromatic carbocycles. The summed E-state index contributed by atoms with van der Waals surface area (Å²) >= 11 is 0. The van der Waals surface area contributed by atoms with Gasteiger partial charge in [-0.05, 0) is 18.6 Å². The van der Waals surface area contributed by atoms with Gasteiger partial charge in [-0.2, -0.15) is 5.26 Å². The van der Waals surface area contributed by atoms with E-state index in [0.717, 1.165) is 18.4 Å². The molecule has 0 unspecified atom stereocenters. The second kappa shape index (κ2) is 7.62. The van der Waals surface area contributed by atoms with Gasteiger partial charge in [0, 0.05) is 12.0 Å². The SMILES string of the molecule is CCCCCCCC(=O)c1ccc(C#N)cc1. The van der Waals surface area contributed by atoms with Crippen LogP contribution in [0, 0.1) is 11.3 Å². The van der Waals surface area contributed by atoms with Gasteiger partial charge in [0.1, 0.15) is 0 Å². The Labute approximate surface area is 103 Å². The number of rotatable bonds is 7. The van der Waals surface area contributed by atoms with Crippen molar-refractivity contribution in [3.8, 4) is 6.07 Å². The van der Waals surface area contributed by atoms with Gasteiger partial charge in [0.05, 0.1) is 11.6 Å². The van der Waals surface area contributed by atoms with Gasteiger partial charge in [-0.1, -0.05) is 44.7 Å². The summed E-state index contributed by atoms with van der Waals surface area (Å²) in [7, 11) is 0. The molecule has 0 atom stereocenters. The van der Waals surface area contributed by atoms with Crippen LogP contribution in [0.5, 0.6) is 0 Å². The molecule has 0 saturated carbocycles. The first-order valence-electron chi connectivity index (χ1n) is 6.31. The molecule has 0 aliphatic carbocycles. The number of ketones is 1. The van der Waals surface area contributed by atoms with Crippen LogP contribution in [-0.4, -0.2) is 5.78 Å². The lowest BCUT2D eigenvalue weighted by Crippen LogP contribution is -1.98. The quantitative estimate of drug-likeness (QED) is 0.521. The van der Waals surface area contributed by atoms with Crippen molar-refractivity contribution in [2.45, 2.75) is 45.4 Å². The fraction of sp³-hybridized carbons (Fsp3) is 0.467. The van der Waals surface area contributed by atoms with Crippen molar-refractivity contribution >= 4 is 5.78 Å². The molecule has 0 saturated heterocycles. The van der Waals surface area contributed by atoms with Gasteiger partial charge in [-0.25, -0.2) is 0 Å². The Hall–Kier alpha value is -1.62. The highest BCUT2D eigenvalue weighted by molar-refractivity contribution is 5.96. The van der Waals surface area contributed by atoms with E-state index in [1.54, 1.807) is 24.3 Å². The average molecular weight is 229 g/mol. The Kier molecular flexibility index (Phi) is 6.03. The summed E-state index contributed by atoms with van der Waals surface area (Å²) in [5.74, 6) is 0.186. The van der Waals surface area contributed by atoms with Crippen molar-refractivity contribution in [3.63, 3.8) is 0 Å². The number of carbonyl (C=O) groups excluding carboxylic acids is 1. The zero-order valence-electron chi connectivity index (χ0n) is 10.4. The fourth-order valence-corrected chi connectivity index (χ4v) is 1.76. The zero-order chi connectivity index (χ0) is 12.5. The van der Waals surface area contributed by atoms with Crippen molar-refractivity contribution in [1.29, 1.82) is 5.26 Å². The third-order valence-corrected chi connectivity index (χ3v) is 2.84. The highest BCUT2D eigenvalue weighted by atomic mass is 16.1. The lowest BCUT2D eigenvalue weighted by atomic mass is 10.0. The van der Waals surface area contributed by atoms with Crippen molar-refractivity contribution in [2.75, 3.05) is 0 Å². The summed E-state index contributed by atoms with van der Waals surface area (Å²) in [5.41, 5.74) is 1.32. The Morgan fingerprint density at radius 2 is 1.76 bits per heavy atom. The molecule has 1 rings (SSSR count). The monoisotopic (exact) mass is 229 g/mol. The molecule has 1 aromatic rings. The Morgan fingerprint density at radius 1 is 1.12 bits per heavy atom. The summed E-state index contributed by atoms with van der Waals surface area (Å²) in [6, 6.07) is 8.93. The number of benzene rings is 1. The van der Waals surface area contributed by atoms with Crippen molar-refractivity contribution in [3.05, 3.63) is 35.4 Å². The Bertz CT molecular complexity index is 386. The topological polar surface area (TPSA) is 40.9 Å². The van der Waals surface area contributed by atoms with Gasteiger partial charge in [0.25, 0.3) is 0 Å². The second-order valence-corrected chi connectivity index (χ2v) is 4.28. The average Bonchev–Trinajstić information content (AvgIpc) is 2.38. The van der Waals surface area contributed by atoms with E-state index in [1.165, 1.54) is 19.3 Å². The molecule has 2 heteroatoms. The minimum atomic E-state index is 0.186. The third kappa shape index (κ3) is 4.82. The molecule has 0 fully saturated rings. The van der Waals surface area contributed by atoms with Crippen molar-refractivity contribution in [2.24, 2.45) is 0 Å². The predicted octanol–water partition coefficient (Wildman–Crippen LogP) is 4.10. The Morgan fingerprint density at radius 3 is 2.35 bits per heavy atom. The van der Waals surface area contributed by atoms with Crippen LogP contribution in [-0.2, 0) is 0 Å². The van der Waals surface area contributed by atoms with Crippen LogP contribution in [0.15, 0.2) is 24.3 Å². The molecule has 0 aliphatic heterocycles. The van der Waals surface area contributed by atoms with Gasteiger partial charge >= 0.3 is 0 Å². The van der Waals surface area contributed by atoms with Crippen LogP contribution in [0.25, 0.3) is 0 Å². The normalized spacial score (nSPS) is 9.88. The standard InChI is InChI=1S/C15H19NO/c1-2-3-4-5-6-7-15(17)14-10-8-13(12-16)9-11-14/h8-11H,2-7H2,1H3.